The van der Waals surface area contributed by atoms with Crippen molar-refractivity contribution in [2.45, 2.75) is 20.0 Å². The highest BCUT2D eigenvalue weighted by molar-refractivity contribution is 5.82. The molecule has 21 heavy (non-hydrogen) atoms. The third-order valence-corrected chi connectivity index (χ3v) is 3.52. The molecular weight excluding hydrogens is 265 g/mol. The molecule has 0 atom stereocenters. The predicted octanol–water partition coefficient (Wildman–Crippen LogP) is 3.33. The van der Waals surface area contributed by atoms with Gasteiger partial charge >= 0.3 is 0 Å². The number of para-hydroxylation sites is 1. The van der Waals surface area contributed by atoms with Crippen molar-refractivity contribution in [1.82, 2.24) is 15.1 Å². The molecule has 1 N–H and O–H groups in total. The van der Waals surface area contributed by atoms with E-state index in [0.717, 1.165) is 29.9 Å². The Hall–Kier alpha value is -2.20. The van der Waals surface area contributed by atoms with Gasteiger partial charge in [0.15, 0.2) is 0 Å². The quantitative estimate of drug-likeness (QED) is 0.778. The van der Waals surface area contributed by atoms with E-state index in [4.69, 9.17) is 5.10 Å². The van der Waals surface area contributed by atoms with Crippen molar-refractivity contribution in [3.8, 4) is 0 Å². The van der Waals surface area contributed by atoms with Gasteiger partial charge < -0.3 is 5.32 Å². The molecule has 4 heteroatoms. The second kappa shape index (κ2) is 6.06. The second-order valence-electron chi connectivity index (χ2n) is 5.03. The summed E-state index contributed by atoms with van der Waals surface area (Å²) in [5, 5.41) is 9.19. The first-order valence-corrected chi connectivity index (χ1v) is 7.17. The number of nitrogens with one attached hydrogen (secondary N) is 1. The van der Waals surface area contributed by atoms with Gasteiger partial charge in [-0.2, -0.15) is 5.10 Å². The van der Waals surface area contributed by atoms with Crippen molar-refractivity contribution in [2.75, 3.05) is 6.54 Å². The highest BCUT2D eigenvalue weighted by Gasteiger charge is 2.09. The molecule has 2 aromatic carbocycles. The van der Waals surface area contributed by atoms with Crippen LogP contribution >= 0.6 is 0 Å². The summed E-state index contributed by atoms with van der Waals surface area (Å²) in [6, 6.07) is 14.8. The lowest BCUT2D eigenvalue weighted by Crippen LogP contribution is -2.13. The van der Waals surface area contributed by atoms with Crippen molar-refractivity contribution >= 4 is 10.9 Å². The van der Waals surface area contributed by atoms with Gasteiger partial charge in [-0.15, -0.1) is 0 Å². The van der Waals surface area contributed by atoms with Crippen LogP contribution in [0, 0.1) is 5.82 Å². The largest absolute Gasteiger partial charge is 0.311 e. The summed E-state index contributed by atoms with van der Waals surface area (Å²) in [4.78, 5) is 0. The normalized spacial score (nSPS) is 11.1. The molecule has 108 valence electrons. The minimum absolute atomic E-state index is 0.211. The zero-order chi connectivity index (χ0) is 14.7. The first kappa shape index (κ1) is 13.8. The third kappa shape index (κ3) is 2.95. The highest BCUT2D eigenvalue weighted by atomic mass is 19.1. The molecule has 0 saturated carbocycles. The van der Waals surface area contributed by atoms with E-state index in [1.54, 1.807) is 12.1 Å². The Kier molecular flexibility index (Phi) is 3.97. The number of hydrogen-bond acceptors (Lipinski definition) is 2. The number of halogens is 1. The van der Waals surface area contributed by atoms with E-state index in [1.165, 1.54) is 17.5 Å². The molecule has 0 aliphatic rings. The number of rotatable bonds is 5. The van der Waals surface area contributed by atoms with Crippen molar-refractivity contribution in [3.05, 3.63) is 65.6 Å². The summed E-state index contributed by atoms with van der Waals surface area (Å²) in [5.74, 6) is -0.211. The fourth-order valence-electron chi connectivity index (χ4n) is 2.45. The third-order valence-electron chi connectivity index (χ3n) is 3.52. The van der Waals surface area contributed by atoms with Crippen LogP contribution in [0.25, 0.3) is 10.9 Å². The molecule has 0 unspecified atom stereocenters. The standard InChI is InChI=1S/C17H18FN3/c1-2-19-11-16-15-5-3-4-6-17(15)21(20-16)12-13-7-9-14(18)10-8-13/h3-10,19H,2,11-12H2,1H3. The van der Waals surface area contributed by atoms with E-state index in [1.807, 2.05) is 16.8 Å². The summed E-state index contributed by atoms with van der Waals surface area (Å²) in [7, 11) is 0. The monoisotopic (exact) mass is 283 g/mol. The van der Waals surface area contributed by atoms with E-state index in [2.05, 4.69) is 24.4 Å². The fraction of sp³-hybridized carbons (Fsp3) is 0.235. The molecule has 0 spiro atoms. The molecular formula is C17H18FN3. The summed E-state index contributed by atoms with van der Waals surface area (Å²) >= 11 is 0. The second-order valence-corrected chi connectivity index (χ2v) is 5.03. The smallest absolute Gasteiger partial charge is 0.123 e. The molecule has 0 amide bonds. The molecule has 1 heterocycles. The molecule has 0 fully saturated rings. The van der Waals surface area contributed by atoms with Crippen LogP contribution in [0.5, 0.6) is 0 Å². The average Bonchev–Trinajstić information content (AvgIpc) is 2.86. The lowest BCUT2D eigenvalue weighted by molar-refractivity contribution is 0.624. The van der Waals surface area contributed by atoms with E-state index >= 15 is 0 Å². The zero-order valence-corrected chi connectivity index (χ0v) is 12.0. The van der Waals surface area contributed by atoms with Crippen LogP contribution in [0.4, 0.5) is 4.39 Å². The summed E-state index contributed by atoms with van der Waals surface area (Å²) in [6.07, 6.45) is 0. The van der Waals surface area contributed by atoms with Crippen molar-refractivity contribution in [1.29, 1.82) is 0 Å². The van der Waals surface area contributed by atoms with E-state index in [-0.39, 0.29) is 5.82 Å². The Balaban J connectivity index is 1.96. The van der Waals surface area contributed by atoms with Crippen LogP contribution in [0.15, 0.2) is 48.5 Å². The lowest BCUT2D eigenvalue weighted by Gasteiger charge is -2.03. The molecule has 0 saturated heterocycles. The van der Waals surface area contributed by atoms with Crippen molar-refractivity contribution < 1.29 is 4.39 Å². The number of nitrogens with zero attached hydrogens (tertiary/aromatic N) is 2. The van der Waals surface area contributed by atoms with Gasteiger partial charge in [-0.3, -0.25) is 4.68 Å². The van der Waals surface area contributed by atoms with Gasteiger partial charge in [-0.05, 0) is 30.3 Å². The molecule has 0 bridgehead atoms. The Labute approximate surface area is 123 Å². The molecule has 3 rings (SSSR count). The number of hydrogen-bond donors (Lipinski definition) is 1. The van der Waals surface area contributed by atoms with Gasteiger partial charge in [0.05, 0.1) is 17.8 Å². The molecule has 3 aromatic rings. The van der Waals surface area contributed by atoms with Gasteiger partial charge in [0.2, 0.25) is 0 Å². The molecule has 0 aliphatic carbocycles. The van der Waals surface area contributed by atoms with Crippen LogP contribution < -0.4 is 5.32 Å². The van der Waals surface area contributed by atoms with Gasteiger partial charge in [0.1, 0.15) is 5.82 Å². The SMILES string of the molecule is CCNCc1nn(Cc2ccc(F)cc2)c2ccccc12. The Morgan fingerprint density at radius 3 is 2.62 bits per heavy atom. The van der Waals surface area contributed by atoms with E-state index < -0.39 is 0 Å². The first-order valence-electron chi connectivity index (χ1n) is 7.17. The van der Waals surface area contributed by atoms with Crippen LogP contribution in [-0.4, -0.2) is 16.3 Å². The summed E-state index contributed by atoms with van der Waals surface area (Å²) in [6.45, 7) is 4.40. The van der Waals surface area contributed by atoms with Crippen LogP contribution in [-0.2, 0) is 13.1 Å². The van der Waals surface area contributed by atoms with Gasteiger partial charge in [-0.25, -0.2) is 4.39 Å². The Morgan fingerprint density at radius 2 is 1.86 bits per heavy atom. The van der Waals surface area contributed by atoms with Crippen LogP contribution in [0.2, 0.25) is 0 Å². The molecule has 0 radical (unpaired) electrons. The van der Waals surface area contributed by atoms with Crippen LogP contribution in [0.3, 0.4) is 0 Å². The maximum absolute atomic E-state index is 13.0. The van der Waals surface area contributed by atoms with E-state index in [9.17, 15) is 4.39 Å². The van der Waals surface area contributed by atoms with Gasteiger partial charge in [0, 0.05) is 11.9 Å². The van der Waals surface area contributed by atoms with Crippen molar-refractivity contribution in [3.63, 3.8) is 0 Å². The van der Waals surface area contributed by atoms with Gasteiger partial charge in [-0.1, -0.05) is 37.3 Å². The fourth-order valence-corrected chi connectivity index (χ4v) is 2.45. The zero-order valence-electron chi connectivity index (χ0n) is 12.0. The number of fused-ring (bicyclic) bond motifs is 1. The Morgan fingerprint density at radius 1 is 1.10 bits per heavy atom. The summed E-state index contributed by atoms with van der Waals surface area (Å²) < 4.78 is 15.0. The lowest BCUT2D eigenvalue weighted by atomic mass is 10.2. The number of benzene rings is 2. The highest BCUT2D eigenvalue weighted by Crippen LogP contribution is 2.19. The molecule has 1 aromatic heterocycles. The Bertz CT molecular complexity index is 731. The topological polar surface area (TPSA) is 29.9 Å². The number of aromatic nitrogens is 2. The minimum atomic E-state index is -0.211. The predicted molar refractivity (Wildman–Crippen MR) is 82.6 cm³/mol. The minimum Gasteiger partial charge on any atom is -0.311 e. The molecule has 0 aliphatic heterocycles. The van der Waals surface area contributed by atoms with E-state index in [0.29, 0.717) is 6.54 Å². The van der Waals surface area contributed by atoms with Gasteiger partial charge in [0.25, 0.3) is 0 Å². The van der Waals surface area contributed by atoms with Crippen LogP contribution in [0.1, 0.15) is 18.2 Å². The first-order chi connectivity index (χ1) is 10.3. The molecule has 3 nitrogen and oxygen atoms in total. The maximum Gasteiger partial charge on any atom is 0.123 e. The van der Waals surface area contributed by atoms with Crippen molar-refractivity contribution in [2.24, 2.45) is 0 Å². The summed E-state index contributed by atoms with van der Waals surface area (Å²) in [5.41, 5.74) is 3.20. The maximum atomic E-state index is 13.0. The average molecular weight is 283 g/mol.